The van der Waals surface area contributed by atoms with Gasteiger partial charge in [0.25, 0.3) is 10.1 Å². The summed E-state index contributed by atoms with van der Waals surface area (Å²) in [6, 6.07) is 0. The Hall–Kier alpha value is -0.170. The molecule has 0 aromatic carbocycles. The number of hydrogen-bond acceptors (Lipinski definition) is 5. The van der Waals surface area contributed by atoms with Crippen LogP contribution >= 0.6 is 0 Å². The van der Waals surface area contributed by atoms with Crippen molar-refractivity contribution in [2.24, 2.45) is 5.41 Å². The Labute approximate surface area is 97.2 Å². The molecule has 0 bridgehead atoms. The van der Waals surface area contributed by atoms with Crippen LogP contribution in [0.5, 0.6) is 0 Å². The molecule has 6 heteroatoms. The minimum Gasteiger partial charge on any atom is -0.353 e. The molecule has 0 heterocycles. The number of methoxy groups -OCH3 is 2. The van der Waals surface area contributed by atoms with E-state index < -0.39 is 15.9 Å². The van der Waals surface area contributed by atoms with Gasteiger partial charge in [0.1, 0.15) is 0 Å². The third kappa shape index (κ3) is 2.94. The smallest absolute Gasteiger partial charge is 0.264 e. The van der Waals surface area contributed by atoms with E-state index in [1.165, 1.54) is 0 Å². The first-order valence-electron chi connectivity index (χ1n) is 5.25. The van der Waals surface area contributed by atoms with Crippen LogP contribution in [0.1, 0.15) is 26.2 Å². The summed E-state index contributed by atoms with van der Waals surface area (Å²) < 4.78 is 37.3. The van der Waals surface area contributed by atoms with E-state index in [0.717, 1.165) is 12.7 Å². The van der Waals surface area contributed by atoms with Gasteiger partial charge >= 0.3 is 0 Å². The van der Waals surface area contributed by atoms with Gasteiger partial charge in [-0.2, -0.15) is 8.42 Å². The average molecular weight is 252 g/mol. The van der Waals surface area contributed by atoms with Crippen molar-refractivity contribution in [3.63, 3.8) is 0 Å². The topological polar surface area (TPSA) is 61.8 Å². The van der Waals surface area contributed by atoms with Gasteiger partial charge in [0, 0.05) is 32.5 Å². The molecule has 0 atom stereocenters. The van der Waals surface area contributed by atoms with E-state index in [4.69, 9.17) is 13.7 Å². The Morgan fingerprint density at radius 3 is 2.00 bits per heavy atom. The Balaban J connectivity index is 2.58. The maximum atomic E-state index is 10.9. The van der Waals surface area contributed by atoms with Crippen LogP contribution < -0.4 is 0 Å². The monoisotopic (exact) mass is 252 g/mol. The van der Waals surface area contributed by atoms with E-state index in [9.17, 15) is 8.42 Å². The van der Waals surface area contributed by atoms with Crippen LogP contribution in [-0.2, 0) is 23.8 Å². The van der Waals surface area contributed by atoms with Gasteiger partial charge in [-0.3, -0.25) is 4.18 Å². The van der Waals surface area contributed by atoms with E-state index in [0.29, 0.717) is 12.8 Å². The highest BCUT2D eigenvalue weighted by atomic mass is 32.2. The maximum Gasteiger partial charge on any atom is 0.264 e. The number of rotatable bonds is 6. The average Bonchev–Trinajstić information content (AvgIpc) is 2.17. The summed E-state index contributed by atoms with van der Waals surface area (Å²) in [5.41, 5.74) is -0.144. The van der Waals surface area contributed by atoms with Gasteiger partial charge in [-0.25, -0.2) is 0 Å². The Morgan fingerprint density at radius 1 is 1.19 bits per heavy atom. The molecule has 1 rings (SSSR count). The number of hydrogen-bond donors (Lipinski definition) is 0. The van der Waals surface area contributed by atoms with Crippen LogP contribution in [0.3, 0.4) is 0 Å². The van der Waals surface area contributed by atoms with E-state index in [2.05, 4.69) is 0 Å². The quantitative estimate of drug-likeness (QED) is 0.524. The van der Waals surface area contributed by atoms with Gasteiger partial charge in [-0.1, -0.05) is 6.92 Å². The minimum absolute atomic E-state index is 0.144. The van der Waals surface area contributed by atoms with E-state index >= 15 is 0 Å². The summed E-state index contributed by atoms with van der Waals surface area (Å²) >= 11 is 0. The first-order chi connectivity index (χ1) is 7.30. The summed E-state index contributed by atoms with van der Waals surface area (Å²) in [4.78, 5) is 0. The normalized spacial score (nSPS) is 22.8. The molecule has 1 saturated carbocycles. The molecule has 96 valence electrons. The van der Waals surface area contributed by atoms with Crippen molar-refractivity contribution in [1.29, 1.82) is 0 Å². The van der Waals surface area contributed by atoms with Crippen molar-refractivity contribution in [1.82, 2.24) is 0 Å². The standard InChI is InChI=1S/C10H20O5S/c1-5-9(8-15-16(4,11)12)6-10(7-9,13-2)14-3/h5-8H2,1-4H3. The van der Waals surface area contributed by atoms with Crippen LogP contribution in [0, 0.1) is 5.41 Å². The zero-order chi connectivity index (χ0) is 12.4. The van der Waals surface area contributed by atoms with Crippen LogP contribution in [0.25, 0.3) is 0 Å². The molecular formula is C10H20O5S. The molecule has 0 N–H and O–H groups in total. The van der Waals surface area contributed by atoms with Crippen LogP contribution in [-0.4, -0.2) is 41.3 Å². The molecule has 5 nitrogen and oxygen atoms in total. The molecule has 0 radical (unpaired) electrons. The first kappa shape index (κ1) is 13.9. The van der Waals surface area contributed by atoms with Gasteiger partial charge in [-0.05, 0) is 6.42 Å². The second kappa shape index (κ2) is 4.60. The van der Waals surface area contributed by atoms with Crippen molar-refractivity contribution in [2.75, 3.05) is 27.1 Å². The van der Waals surface area contributed by atoms with Crippen molar-refractivity contribution in [3.05, 3.63) is 0 Å². The highest BCUT2D eigenvalue weighted by molar-refractivity contribution is 7.85. The molecule has 0 unspecified atom stereocenters. The SMILES string of the molecule is CCC1(COS(C)(=O)=O)CC(OC)(OC)C1. The maximum absolute atomic E-state index is 10.9. The van der Waals surface area contributed by atoms with Gasteiger partial charge in [-0.15, -0.1) is 0 Å². The summed E-state index contributed by atoms with van der Waals surface area (Å²) in [7, 11) is -0.181. The van der Waals surface area contributed by atoms with Crippen LogP contribution in [0.2, 0.25) is 0 Å². The molecule has 16 heavy (non-hydrogen) atoms. The number of ether oxygens (including phenoxy) is 2. The summed E-state index contributed by atoms with van der Waals surface area (Å²) in [5.74, 6) is -0.559. The van der Waals surface area contributed by atoms with Gasteiger partial charge in [0.05, 0.1) is 12.9 Å². The molecule has 1 aliphatic carbocycles. The fourth-order valence-electron chi connectivity index (χ4n) is 2.15. The Bertz CT molecular complexity index is 323. The first-order valence-corrected chi connectivity index (χ1v) is 7.07. The molecule has 1 aliphatic rings. The van der Waals surface area contributed by atoms with Crippen LogP contribution in [0.4, 0.5) is 0 Å². The van der Waals surface area contributed by atoms with Gasteiger partial charge in [0.2, 0.25) is 0 Å². The van der Waals surface area contributed by atoms with Crippen molar-refractivity contribution in [3.8, 4) is 0 Å². The fraction of sp³-hybridized carbons (Fsp3) is 1.00. The van der Waals surface area contributed by atoms with E-state index in [-0.39, 0.29) is 12.0 Å². The highest BCUT2D eigenvalue weighted by Gasteiger charge is 2.55. The molecule has 0 spiro atoms. The van der Waals surface area contributed by atoms with Crippen molar-refractivity contribution >= 4 is 10.1 Å². The lowest BCUT2D eigenvalue weighted by Crippen LogP contribution is -2.56. The molecule has 0 amide bonds. The Morgan fingerprint density at radius 2 is 1.69 bits per heavy atom. The summed E-state index contributed by atoms with van der Waals surface area (Å²) in [5, 5.41) is 0. The predicted octanol–water partition coefficient (Wildman–Crippen LogP) is 1.14. The van der Waals surface area contributed by atoms with Crippen molar-refractivity contribution < 1.29 is 22.1 Å². The third-order valence-electron chi connectivity index (χ3n) is 3.36. The van der Waals surface area contributed by atoms with E-state index in [1.807, 2.05) is 6.92 Å². The molecule has 0 aliphatic heterocycles. The largest absolute Gasteiger partial charge is 0.353 e. The lowest BCUT2D eigenvalue weighted by molar-refractivity contribution is -0.301. The van der Waals surface area contributed by atoms with Gasteiger partial charge < -0.3 is 9.47 Å². The molecule has 1 fully saturated rings. The zero-order valence-corrected chi connectivity index (χ0v) is 11.1. The minimum atomic E-state index is -3.38. The van der Waals surface area contributed by atoms with E-state index in [1.54, 1.807) is 14.2 Å². The zero-order valence-electron chi connectivity index (χ0n) is 10.3. The summed E-state index contributed by atoms with van der Waals surface area (Å²) in [6.45, 7) is 2.22. The Kier molecular flexibility index (Phi) is 3.99. The fourth-order valence-corrected chi connectivity index (χ4v) is 2.61. The molecule has 0 aromatic rings. The lowest BCUT2D eigenvalue weighted by Gasteiger charge is -2.53. The summed E-state index contributed by atoms with van der Waals surface area (Å²) in [6.07, 6.45) is 3.24. The molecular weight excluding hydrogens is 232 g/mol. The van der Waals surface area contributed by atoms with Gasteiger partial charge in [0.15, 0.2) is 5.79 Å². The highest BCUT2D eigenvalue weighted by Crippen LogP contribution is 2.53. The molecule has 0 aromatic heterocycles. The van der Waals surface area contributed by atoms with Crippen molar-refractivity contribution in [2.45, 2.75) is 32.0 Å². The third-order valence-corrected chi connectivity index (χ3v) is 3.91. The second-order valence-electron chi connectivity index (χ2n) is 4.49. The lowest BCUT2D eigenvalue weighted by atomic mass is 9.63. The van der Waals surface area contributed by atoms with Crippen LogP contribution in [0.15, 0.2) is 0 Å². The molecule has 0 saturated heterocycles. The predicted molar refractivity (Wildman–Crippen MR) is 59.5 cm³/mol. The second-order valence-corrected chi connectivity index (χ2v) is 6.14.